The molecule has 0 aliphatic carbocycles. The van der Waals surface area contributed by atoms with E-state index in [9.17, 15) is 5.11 Å². The average molecular weight is 391 g/mol. The number of hydrogen-bond donors (Lipinski definition) is 1. The summed E-state index contributed by atoms with van der Waals surface area (Å²) >= 11 is 0. The van der Waals surface area contributed by atoms with Gasteiger partial charge in [0.15, 0.2) is 0 Å². The highest BCUT2D eigenvalue weighted by Crippen LogP contribution is 2.11. The van der Waals surface area contributed by atoms with Crippen LogP contribution in [-0.4, -0.2) is 19.3 Å². The molecule has 0 aliphatic rings. The number of hydrogen-bond acceptors (Lipinski definition) is 1. The summed E-state index contributed by atoms with van der Waals surface area (Å²) < 4.78 is 0. The van der Waals surface area contributed by atoms with Crippen molar-refractivity contribution in [3.8, 4) is 23.3 Å². The second-order valence-electron chi connectivity index (χ2n) is 8.92. The largest absolute Gasteiger partial charge is 0.380 e. The maximum absolute atomic E-state index is 9.87. The lowest BCUT2D eigenvalue weighted by atomic mass is 10.1. The molecule has 0 spiro atoms. The summed E-state index contributed by atoms with van der Waals surface area (Å²) in [7, 11) is -1.34. The molecule has 0 saturated carbocycles. The van der Waals surface area contributed by atoms with Crippen molar-refractivity contribution < 1.29 is 5.11 Å². The Balaban J connectivity index is 3.32. The number of aliphatic hydroxyl groups is 1. The van der Waals surface area contributed by atoms with Crippen LogP contribution in [-0.2, 0) is 0 Å². The summed E-state index contributed by atoms with van der Waals surface area (Å²) in [5, 5.41) is 9.87. The second-order valence-corrected chi connectivity index (χ2v) is 13.7. The Morgan fingerprint density at radius 3 is 1.59 bits per heavy atom. The van der Waals surface area contributed by atoms with E-state index in [1.807, 2.05) is 0 Å². The Labute approximate surface area is 172 Å². The molecule has 2 heteroatoms. The van der Waals surface area contributed by atoms with Crippen LogP contribution in [0.3, 0.4) is 0 Å². The fourth-order valence-corrected chi connectivity index (χ4v) is 3.58. The van der Waals surface area contributed by atoms with Gasteiger partial charge in [-0.15, -0.1) is 17.4 Å². The van der Waals surface area contributed by atoms with Gasteiger partial charge in [-0.25, -0.2) is 0 Å². The molecular formula is C25H46OSi. The third kappa shape index (κ3) is 23.3. The minimum atomic E-state index is -1.34. The van der Waals surface area contributed by atoms with Crippen molar-refractivity contribution in [2.75, 3.05) is 0 Å². The predicted molar refractivity (Wildman–Crippen MR) is 124 cm³/mol. The Morgan fingerprint density at radius 2 is 1.11 bits per heavy atom. The first-order valence-corrected chi connectivity index (χ1v) is 15.1. The highest BCUT2D eigenvalue weighted by atomic mass is 28.3. The fraction of sp³-hybridized carbons (Fsp3) is 0.840. The third-order valence-corrected chi connectivity index (χ3v) is 5.57. The zero-order valence-corrected chi connectivity index (χ0v) is 19.8. The van der Waals surface area contributed by atoms with Crippen LogP contribution in [0.15, 0.2) is 0 Å². The molecule has 0 fully saturated rings. The Bertz CT molecular complexity index is 441. The van der Waals surface area contributed by atoms with Crippen LogP contribution in [0, 0.1) is 23.3 Å². The SMILES string of the molecule is CCCCCCCCC#CCCCCCCCCC[C@H](O)C#C[Si](C)(C)C. The van der Waals surface area contributed by atoms with Crippen molar-refractivity contribution in [1.82, 2.24) is 0 Å². The number of aliphatic hydroxyl groups excluding tert-OH is 1. The first-order chi connectivity index (χ1) is 13.0. The molecule has 27 heavy (non-hydrogen) atoms. The van der Waals surface area contributed by atoms with E-state index in [1.54, 1.807) is 0 Å². The van der Waals surface area contributed by atoms with Crippen molar-refractivity contribution >= 4 is 8.07 Å². The van der Waals surface area contributed by atoms with Gasteiger partial charge < -0.3 is 5.11 Å². The molecule has 1 atom stereocenters. The minimum absolute atomic E-state index is 0.411. The molecule has 0 aromatic heterocycles. The molecule has 1 nitrogen and oxygen atoms in total. The van der Waals surface area contributed by atoms with Gasteiger partial charge in [0.25, 0.3) is 0 Å². The van der Waals surface area contributed by atoms with E-state index in [1.165, 1.54) is 77.0 Å². The van der Waals surface area contributed by atoms with Gasteiger partial charge in [-0.3, -0.25) is 0 Å². The van der Waals surface area contributed by atoms with Crippen molar-refractivity contribution in [3.63, 3.8) is 0 Å². The molecule has 1 N–H and O–H groups in total. The van der Waals surface area contributed by atoms with E-state index in [2.05, 4.69) is 49.9 Å². The average Bonchev–Trinajstić information content (AvgIpc) is 2.62. The smallest absolute Gasteiger partial charge is 0.129 e. The van der Waals surface area contributed by atoms with Crippen molar-refractivity contribution in [2.45, 2.75) is 135 Å². The minimum Gasteiger partial charge on any atom is -0.380 e. The van der Waals surface area contributed by atoms with Crippen molar-refractivity contribution in [1.29, 1.82) is 0 Å². The topological polar surface area (TPSA) is 20.2 Å². The highest BCUT2D eigenvalue weighted by molar-refractivity contribution is 6.83. The zero-order valence-electron chi connectivity index (χ0n) is 18.8. The summed E-state index contributed by atoms with van der Waals surface area (Å²) in [4.78, 5) is 0. The zero-order chi connectivity index (χ0) is 20.2. The first-order valence-electron chi connectivity index (χ1n) is 11.6. The van der Waals surface area contributed by atoms with Crippen LogP contribution in [0.1, 0.15) is 110 Å². The number of rotatable bonds is 15. The Kier molecular flexibility index (Phi) is 18.2. The molecule has 0 heterocycles. The second kappa shape index (κ2) is 18.7. The standard InChI is InChI=1S/C25H46OSi/c1-5-6-7-8-9-10-11-12-13-14-15-16-17-18-19-20-21-22-25(26)23-24-27(2,3)4/h25-26H,5-11,14-22H2,1-4H3/t25-/m0/s1. The van der Waals surface area contributed by atoms with Gasteiger partial charge in [-0.05, 0) is 25.7 Å². The van der Waals surface area contributed by atoms with Crippen molar-refractivity contribution in [2.24, 2.45) is 0 Å². The first kappa shape index (κ1) is 26.3. The van der Waals surface area contributed by atoms with Crippen LogP contribution < -0.4 is 0 Å². The van der Waals surface area contributed by atoms with E-state index in [0.29, 0.717) is 0 Å². The monoisotopic (exact) mass is 390 g/mol. The lowest BCUT2D eigenvalue weighted by molar-refractivity contribution is 0.217. The van der Waals surface area contributed by atoms with Crippen LogP contribution in [0.4, 0.5) is 0 Å². The van der Waals surface area contributed by atoms with Gasteiger partial charge in [0, 0.05) is 12.8 Å². The maximum Gasteiger partial charge on any atom is 0.129 e. The molecule has 0 rings (SSSR count). The van der Waals surface area contributed by atoms with Crippen LogP contribution >= 0.6 is 0 Å². The Morgan fingerprint density at radius 1 is 0.667 bits per heavy atom. The quantitative estimate of drug-likeness (QED) is 0.174. The Hall–Kier alpha value is -0.703. The van der Waals surface area contributed by atoms with Crippen LogP contribution in [0.2, 0.25) is 19.6 Å². The van der Waals surface area contributed by atoms with Gasteiger partial charge in [0.05, 0.1) is 0 Å². The van der Waals surface area contributed by atoms with E-state index in [-0.39, 0.29) is 0 Å². The van der Waals surface area contributed by atoms with E-state index in [0.717, 1.165) is 25.7 Å². The fourth-order valence-electron chi connectivity index (χ4n) is 2.98. The summed E-state index contributed by atoms with van der Waals surface area (Å²) in [5.41, 5.74) is 3.26. The molecule has 0 aliphatic heterocycles. The van der Waals surface area contributed by atoms with Crippen molar-refractivity contribution in [3.05, 3.63) is 0 Å². The molecule has 0 aromatic carbocycles. The molecule has 0 saturated heterocycles. The molecule has 0 radical (unpaired) electrons. The predicted octanol–water partition coefficient (Wildman–Crippen LogP) is 7.49. The molecule has 0 bridgehead atoms. The van der Waals surface area contributed by atoms with Crippen LogP contribution in [0.25, 0.3) is 0 Å². The van der Waals surface area contributed by atoms with Gasteiger partial charge in [0.1, 0.15) is 14.2 Å². The van der Waals surface area contributed by atoms with Crippen LogP contribution in [0.5, 0.6) is 0 Å². The van der Waals surface area contributed by atoms with Gasteiger partial charge >= 0.3 is 0 Å². The summed E-state index contributed by atoms with van der Waals surface area (Å²) in [6.07, 6.45) is 19.6. The maximum atomic E-state index is 9.87. The van der Waals surface area contributed by atoms with Gasteiger partial charge in [-0.2, -0.15) is 0 Å². The van der Waals surface area contributed by atoms with E-state index in [4.69, 9.17) is 0 Å². The normalized spacial score (nSPS) is 12.0. The highest BCUT2D eigenvalue weighted by Gasteiger charge is 2.08. The lowest BCUT2D eigenvalue weighted by Gasteiger charge is -2.07. The molecule has 0 amide bonds. The van der Waals surface area contributed by atoms with Gasteiger partial charge in [0.2, 0.25) is 0 Å². The summed E-state index contributed by atoms with van der Waals surface area (Å²) in [5.74, 6) is 9.72. The molecule has 0 unspecified atom stereocenters. The molecule has 156 valence electrons. The molecule has 0 aromatic rings. The molecular weight excluding hydrogens is 344 g/mol. The van der Waals surface area contributed by atoms with E-state index >= 15 is 0 Å². The third-order valence-electron chi connectivity index (χ3n) is 4.67. The summed E-state index contributed by atoms with van der Waals surface area (Å²) in [6.45, 7) is 8.92. The lowest BCUT2D eigenvalue weighted by Crippen LogP contribution is -2.17. The van der Waals surface area contributed by atoms with Gasteiger partial charge in [-0.1, -0.05) is 96.7 Å². The number of unbranched alkanes of at least 4 members (excludes halogenated alkanes) is 13. The summed E-state index contributed by atoms with van der Waals surface area (Å²) in [6, 6.07) is 0. The van der Waals surface area contributed by atoms with E-state index < -0.39 is 14.2 Å².